The second kappa shape index (κ2) is 5.10. The lowest BCUT2D eigenvalue weighted by atomic mass is 10.2. The molecule has 0 aliphatic rings. The van der Waals surface area contributed by atoms with Crippen molar-refractivity contribution in [1.82, 2.24) is 4.98 Å². The van der Waals surface area contributed by atoms with Crippen molar-refractivity contribution in [3.8, 4) is 6.07 Å². The normalized spacial score (nSPS) is 11.8. The highest BCUT2D eigenvalue weighted by molar-refractivity contribution is 9.10. The molecule has 0 bridgehead atoms. The first kappa shape index (κ1) is 11.1. The van der Waals surface area contributed by atoms with Crippen LogP contribution in [0.5, 0.6) is 0 Å². The van der Waals surface area contributed by atoms with Crippen LogP contribution in [0, 0.1) is 11.3 Å². The molecule has 1 heterocycles. The van der Waals surface area contributed by atoms with Crippen molar-refractivity contribution < 1.29 is 0 Å². The van der Waals surface area contributed by atoms with Crippen LogP contribution < -0.4 is 5.32 Å². The fourth-order valence-corrected chi connectivity index (χ4v) is 2.28. The molecule has 0 spiro atoms. The van der Waals surface area contributed by atoms with Gasteiger partial charge in [-0.2, -0.15) is 5.26 Å². The summed E-state index contributed by atoms with van der Waals surface area (Å²) < 4.78 is 0.944. The van der Waals surface area contributed by atoms with E-state index in [4.69, 9.17) is 5.26 Å². The monoisotopic (exact) mass is 293 g/mol. The molecule has 1 aromatic carbocycles. The molecule has 0 amide bonds. The fraction of sp³-hybridized carbons (Fsp3) is 0.0909. The van der Waals surface area contributed by atoms with E-state index in [2.05, 4.69) is 32.3 Å². The van der Waals surface area contributed by atoms with E-state index in [1.54, 1.807) is 11.7 Å². The van der Waals surface area contributed by atoms with Crippen LogP contribution in [0.2, 0.25) is 0 Å². The Balaban J connectivity index is 2.21. The molecule has 0 aliphatic carbocycles. The number of nitrogens with zero attached hydrogens (tertiary/aromatic N) is 2. The van der Waals surface area contributed by atoms with Gasteiger partial charge in [0.2, 0.25) is 0 Å². The van der Waals surface area contributed by atoms with Crippen molar-refractivity contribution in [3.63, 3.8) is 0 Å². The molecule has 0 saturated carbocycles. The Morgan fingerprint density at radius 1 is 1.44 bits per heavy atom. The quantitative estimate of drug-likeness (QED) is 0.941. The summed E-state index contributed by atoms with van der Waals surface area (Å²) in [5, 5.41) is 12.3. The number of hydrogen-bond donors (Lipinski definition) is 1. The molecule has 5 heteroatoms. The Morgan fingerprint density at radius 3 is 2.88 bits per heavy atom. The lowest BCUT2D eigenvalue weighted by molar-refractivity contribution is 1.02. The summed E-state index contributed by atoms with van der Waals surface area (Å²) in [6, 6.07) is 9.58. The van der Waals surface area contributed by atoms with Crippen LogP contribution in [0.3, 0.4) is 0 Å². The molecule has 1 unspecified atom stereocenters. The van der Waals surface area contributed by atoms with E-state index >= 15 is 0 Å². The highest BCUT2D eigenvalue weighted by Gasteiger charge is 2.12. The Kier molecular flexibility index (Phi) is 3.54. The first-order chi connectivity index (χ1) is 7.81. The van der Waals surface area contributed by atoms with Crippen molar-refractivity contribution in [2.45, 2.75) is 6.04 Å². The Bertz CT molecular complexity index is 504. The fourth-order valence-electron chi connectivity index (χ4n) is 1.27. The molecular formula is C11H8BrN3S. The van der Waals surface area contributed by atoms with Gasteiger partial charge in [0.1, 0.15) is 0 Å². The van der Waals surface area contributed by atoms with E-state index in [9.17, 15) is 0 Å². The van der Waals surface area contributed by atoms with Crippen molar-refractivity contribution in [2.24, 2.45) is 0 Å². The maximum atomic E-state index is 9.10. The van der Waals surface area contributed by atoms with Crippen LogP contribution in [0.4, 0.5) is 5.69 Å². The second-order valence-corrected chi connectivity index (χ2v) is 4.86. The smallest absolute Gasteiger partial charge is 0.151 e. The van der Waals surface area contributed by atoms with E-state index < -0.39 is 0 Å². The third-order valence-corrected chi connectivity index (χ3v) is 3.57. The maximum Gasteiger partial charge on any atom is 0.151 e. The van der Waals surface area contributed by atoms with E-state index in [1.165, 1.54) is 11.3 Å². The zero-order chi connectivity index (χ0) is 11.4. The highest BCUT2D eigenvalue weighted by Crippen LogP contribution is 2.27. The summed E-state index contributed by atoms with van der Waals surface area (Å²) >= 11 is 4.90. The molecule has 0 aliphatic heterocycles. The number of halogens is 1. The van der Waals surface area contributed by atoms with Gasteiger partial charge in [-0.1, -0.05) is 12.1 Å². The van der Waals surface area contributed by atoms with Gasteiger partial charge in [0, 0.05) is 16.4 Å². The maximum absolute atomic E-state index is 9.10. The summed E-state index contributed by atoms with van der Waals surface area (Å²) in [6.07, 6.45) is 1.71. The average Bonchev–Trinajstić information content (AvgIpc) is 2.81. The summed E-state index contributed by atoms with van der Waals surface area (Å²) in [5.41, 5.74) is 2.63. The predicted molar refractivity (Wildman–Crippen MR) is 68.2 cm³/mol. The molecule has 0 saturated heterocycles. The van der Waals surface area contributed by atoms with Crippen molar-refractivity contribution in [3.05, 3.63) is 45.3 Å². The molecule has 0 radical (unpaired) electrons. The van der Waals surface area contributed by atoms with Gasteiger partial charge in [-0.05, 0) is 28.1 Å². The molecule has 1 atom stereocenters. The largest absolute Gasteiger partial charge is 0.365 e. The van der Waals surface area contributed by atoms with Gasteiger partial charge >= 0.3 is 0 Å². The molecule has 80 valence electrons. The molecule has 1 N–H and O–H groups in total. The van der Waals surface area contributed by atoms with E-state index in [0.29, 0.717) is 0 Å². The van der Waals surface area contributed by atoms with Crippen LogP contribution in [-0.4, -0.2) is 4.98 Å². The van der Waals surface area contributed by atoms with Gasteiger partial charge in [0.05, 0.1) is 16.5 Å². The van der Waals surface area contributed by atoms with Gasteiger partial charge in [0.15, 0.2) is 6.04 Å². The number of aromatic nitrogens is 1. The molecule has 0 fully saturated rings. The van der Waals surface area contributed by atoms with Crippen molar-refractivity contribution in [2.75, 3.05) is 5.32 Å². The van der Waals surface area contributed by atoms with Crippen LogP contribution >= 0.6 is 27.3 Å². The number of para-hydroxylation sites is 1. The van der Waals surface area contributed by atoms with Crippen LogP contribution in [0.1, 0.15) is 10.9 Å². The standard InChI is InChI=1S/C11H8BrN3S/c12-8-3-1-2-4-9(8)15-10(5-13)11-6-14-7-16-11/h1-4,6-7,10,15H. The second-order valence-electron chi connectivity index (χ2n) is 3.09. The third kappa shape index (κ3) is 2.40. The summed E-state index contributed by atoms with van der Waals surface area (Å²) in [6.45, 7) is 0. The summed E-state index contributed by atoms with van der Waals surface area (Å²) in [4.78, 5) is 4.89. The van der Waals surface area contributed by atoms with Gasteiger partial charge in [-0.15, -0.1) is 11.3 Å². The van der Waals surface area contributed by atoms with E-state index in [1.807, 2.05) is 24.3 Å². The molecule has 3 nitrogen and oxygen atoms in total. The molecule has 1 aromatic heterocycles. The molecule has 2 rings (SSSR count). The topological polar surface area (TPSA) is 48.7 Å². The summed E-state index contributed by atoms with van der Waals surface area (Å²) in [5.74, 6) is 0. The van der Waals surface area contributed by atoms with E-state index in [-0.39, 0.29) is 6.04 Å². The number of nitrogens with one attached hydrogen (secondary N) is 1. The first-order valence-electron chi connectivity index (χ1n) is 4.60. The number of benzene rings is 1. The zero-order valence-electron chi connectivity index (χ0n) is 8.22. The molecular weight excluding hydrogens is 286 g/mol. The average molecular weight is 294 g/mol. The van der Waals surface area contributed by atoms with Crippen LogP contribution in [-0.2, 0) is 0 Å². The minimum absolute atomic E-state index is 0.355. The van der Waals surface area contributed by atoms with Gasteiger partial charge in [-0.3, -0.25) is 4.98 Å². The van der Waals surface area contributed by atoms with Crippen LogP contribution in [0.25, 0.3) is 0 Å². The van der Waals surface area contributed by atoms with Gasteiger partial charge < -0.3 is 5.32 Å². The van der Waals surface area contributed by atoms with Crippen molar-refractivity contribution in [1.29, 1.82) is 5.26 Å². The predicted octanol–water partition coefficient (Wildman–Crippen LogP) is 3.58. The molecule has 16 heavy (non-hydrogen) atoms. The lowest BCUT2D eigenvalue weighted by Crippen LogP contribution is -2.07. The number of anilines is 1. The van der Waals surface area contributed by atoms with Crippen molar-refractivity contribution >= 4 is 33.0 Å². The first-order valence-corrected chi connectivity index (χ1v) is 6.27. The molecule has 2 aromatic rings. The Morgan fingerprint density at radius 2 is 2.25 bits per heavy atom. The number of nitriles is 1. The lowest BCUT2D eigenvalue weighted by Gasteiger charge is -2.12. The van der Waals surface area contributed by atoms with Crippen LogP contribution in [0.15, 0.2) is 40.4 Å². The number of thiazole rings is 1. The SMILES string of the molecule is N#CC(Nc1ccccc1Br)c1cncs1. The summed E-state index contributed by atoms with van der Waals surface area (Å²) in [7, 11) is 0. The third-order valence-electron chi connectivity index (χ3n) is 2.04. The number of rotatable bonds is 3. The Hall–Kier alpha value is -1.38. The van der Waals surface area contributed by atoms with E-state index in [0.717, 1.165) is 15.0 Å². The minimum atomic E-state index is -0.355. The highest BCUT2D eigenvalue weighted by atomic mass is 79.9. The van der Waals surface area contributed by atoms with Gasteiger partial charge in [-0.25, -0.2) is 0 Å². The minimum Gasteiger partial charge on any atom is -0.365 e. The zero-order valence-corrected chi connectivity index (χ0v) is 10.6. The van der Waals surface area contributed by atoms with Gasteiger partial charge in [0.25, 0.3) is 0 Å². The number of hydrogen-bond acceptors (Lipinski definition) is 4. The Labute approximate surface area is 106 Å².